The number of aryl methyl sites for hydroxylation is 2. The molecule has 1 aliphatic rings. The van der Waals surface area contributed by atoms with Gasteiger partial charge in [-0.15, -0.1) is 11.3 Å². The van der Waals surface area contributed by atoms with Crippen LogP contribution in [-0.4, -0.2) is 27.4 Å². The van der Waals surface area contributed by atoms with Crippen molar-refractivity contribution in [1.82, 2.24) is 20.3 Å². The monoisotopic (exact) mass is 371 g/mol. The van der Waals surface area contributed by atoms with Gasteiger partial charge in [-0.3, -0.25) is 4.79 Å². The average Bonchev–Trinajstić information content (AvgIpc) is 3.01. The highest BCUT2D eigenvalue weighted by Gasteiger charge is 2.10. The van der Waals surface area contributed by atoms with Crippen LogP contribution in [0.3, 0.4) is 0 Å². The third-order valence-corrected chi connectivity index (χ3v) is 5.05. The minimum Gasteiger partial charge on any atom is -0.355 e. The number of nitrogens with zero attached hydrogens (tertiary/aromatic N) is 3. The van der Waals surface area contributed by atoms with Gasteiger partial charge in [-0.25, -0.2) is 15.0 Å². The topological polar surface area (TPSA) is 79.8 Å². The molecule has 0 spiro atoms. The van der Waals surface area contributed by atoms with Gasteiger partial charge in [0, 0.05) is 23.3 Å². The predicted octanol–water partition coefficient (Wildman–Crippen LogP) is 3.84. The summed E-state index contributed by atoms with van der Waals surface area (Å²) >= 11 is 1.45. The number of nitrogens with one attached hydrogen (secondary N) is 2. The summed E-state index contributed by atoms with van der Waals surface area (Å²) in [6.07, 6.45) is 8.51. The van der Waals surface area contributed by atoms with E-state index in [4.69, 9.17) is 0 Å². The van der Waals surface area contributed by atoms with Gasteiger partial charge in [-0.05, 0) is 52.0 Å². The number of rotatable bonds is 7. The Bertz CT molecular complexity index is 779. The average molecular weight is 372 g/mol. The summed E-state index contributed by atoms with van der Waals surface area (Å²) in [6, 6.07) is 1.92. The van der Waals surface area contributed by atoms with E-state index in [2.05, 4.69) is 31.7 Å². The third kappa shape index (κ3) is 5.62. The Morgan fingerprint density at radius 3 is 2.73 bits per heavy atom. The molecule has 0 saturated heterocycles. The summed E-state index contributed by atoms with van der Waals surface area (Å²) in [5, 5.41) is 8.70. The highest BCUT2D eigenvalue weighted by Crippen LogP contribution is 2.20. The first-order chi connectivity index (χ1) is 12.6. The first kappa shape index (κ1) is 18.5. The van der Waals surface area contributed by atoms with Crippen LogP contribution in [0.5, 0.6) is 0 Å². The smallest absolute Gasteiger partial charge is 0.229 e. The second kappa shape index (κ2) is 8.89. The number of aromatic nitrogens is 3. The van der Waals surface area contributed by atoms with Gasteiger partial charge in [0.2, 0.25) is 11.9 Å². The van der Waals surface area contributed by atoms with E-state index in [-0.39, 0.29) is 5.91 Å². The molecule has 0 unspecified atom stereocenters. The Hall–Kier alpha value is -2.28. The molecule has 0 aliphatic heterocycles. The summed E-state index contributed by atoms with van der Waals surface area (Å²) in [6.45, 7) is 4.57. The Balaban J connectivity index is 1.46. The van der Waals surface area contributed by atoms with Crippen molar-refractivity contribution in [3.8, 4) is 0 Å². The van der Waals surface area contributed by atoms with E-state index in [0.29, 0.717) is 24.0 Å². The van der Waals surface area contributed by atoms with Crippen LogP contribution in [0.25, 0.3) is 0 Å². The van der Waals surface area contributed by atoms with E-state index in [1.807, 2.05) is 25.3 Å². The molecule has 2 heterocycles. The number of hydrogen-bond acceptors (Lipinski definition) is 6. The first-order valence-electron chi connectivity index (χ1n) is 9.07. The molecule has 138 valence electrons. The lowest BCUT2D eigenvalue weighted by atomic mass is 9.97. The summed E-state index contributed by atoms with van der Waals surface area (Å²) in [5.74, 6) is 0.550. The predicted molar refractivity (Wildman–Crippen MR) is 105 cm³/mol. The second-order valence-corrected chi connectivity index (χ2v) is 7.49. The fraction of sp³-hybridized carbons (Fsp3) is 0.474. The molecule has 2 aromatic heterocycles. The standard InChI is InChI=1S/C19H25N5OS/c1-13-10-14(2)22-18(21-13)24-19-23-16(12-26-19)11-17(25)20-9-8-15-6-4-3-5-7-15/h6,10,12H,3-5,7-9,11H2,1-2H3,(H,20,25)(H,21,22,23,24). The SMILES string of the molecule is Cc1cc(C)nc(Nc2nc(CC(=O)NCCC3=CCCCC3)cs2)n1. The number of amides is 1. The second-order valence-electron chi connectivity index (χ2n) is 6.63. The zero-order valence-electron chi connectivity index (χ0n) is 15.3. The zero-order chi connectivity index (χ0) is 18.4. The summed E-state index contributed by atoms with van der Waals surface area (Å²) in [5.41, 5.74) is 4.05. The van der Waals surface area contributed by atoms with Gasteiger partial charge in [-0.2, -0.15) is 0 Å². The molecular weight excluding hydrogens is 346 g/mol. The maximum atomic E-state index is 12.1. The highest BCUT2D eigenvalue weighted by atomic mass is 32.1. The molecule has 0 aromatic carbocycles. The number of anilines is 2. The number of hydrogen-bond donors (Lipinski definition) is 2. The van der Waals surface area contributed by atoms with Crippen LogP contribution in [0.2, 0.25) is 0 Å². The van der Waals surface area contributed by atoms with Crippen molar-refractivity contribution in [3.05, 3.63) is 40.2 Å². The molecule has 1 aliphatic carbocycles. The van der Waals surface area contributed by atoms with Crippen LogP contribution < -0.4 is 10.6 Å². The highest BCUT2D eigenvalue weighted by molar-refractivity contribution is 7.13. The lowest BCUT2D eigenvalue weighted by Crippen LogP contribution is -2.26. The van der Waals surface area contributed by atoms with Crippen LogP contribution >= 0.6 is 11.3 Å². The van der Waals surface area contributed by atoms with Crippen LogP contribution in [0.4, 0.5) is 11.1 Å². The number of carbonyl (C=O) groups is 1. The Morgan fingerprint density at radius 1 is 1.19 bits per heavy atom. The number of carbonyl (C=O) groups excluding carboxylic acids is 1. The van der Waals surface area contributed by atoms with Gasteiger partial charge in [0.1, 0.15) is 0 Å². The minimum atomic E-state index is 0.0147. The van der Waals surface area contributed by atoms with Crippen LogP contribution in [0.1, 0.15) is 49.2 Å². The maximum Gasteiger partial charge on any atom is 0.229 e. The molecule has 1 amide bonds. The molecule has 2 N–H and O–H groups in total. The Labute approximate surface area is 158 Å². The lowest BCUT2D eigenvalue weighted by molar-refractivity contribution is -0.120. The van der Waals surface area contributed by atoms with E-state index in [1.165, 1.54) is 42.6 Å². The van der Waals surface area contributed by atoms with Crippen molar-refractivity contribution >= 4 is 28.3 Å². The quantitative estimate of drug-likeness (QED) is 0.723. The fourth-order valence-corrected chi connectivity index (χ4v) is 3.75. The summed E-state index contributed by atoms with van der Waals surface area (Å²) < 4.78 is 0. The molecule has 0 atom stereocenters. The van der Waals surface area contributed by atoms with Crippen LogP contribution in [0, 0.1) is 13.8 Å². The van der Waals surface area contributed by atoms with E-state index >= 15 is 0 Å². The van der Waals surface area contributed by atoms with Gasteiger partial charge < -0.3 is 10.6 Å². The third-order valence-electron chi connectivity index (χ3n) is 4.25. The van der Waals surface area contributed by atoms with Crippen molar-refractivity contribution in [3.63, 3.8) is 0 Å². The van der Waals surface area contributed by atoms with E-state index in [9.17, 15) is 4.79 Å². The molecule has 0 saturated carbocycles. The zero-order valence-corrected chi connectivity index (χ0v) is 16.2. The molecule has 3 rings (SSSR count). The molecular formula is C19H25N5OS. The lowest BCUT2D eigenvalue weighted by Gasteiger charge is -2.12. The normalized spacial score (nSPS) is 14.0. The molecule has 6 nitrogen and oxygen atoms in total. The van der Waals surface area contributed by atoms with Crippen LogP contribution in [0.15, 0.2) is 23.1 Å². The first-order valence-corrected chi connectivity index (χ1v) is 9.95. The summed E-state index contributed by atoms with van der Waals surface area (Å²) in [4.78, 5) is 25.2. The maximum absolute atomic E-state index is 12.1. The van der Waals surface area contributed by atoms with Gasteiger partial charge in [0.15, 0.2) is 5.13 Å². The molecule has 0 fully saturated rings. The molecule has 2 aromatic rings. The summed E-state index contributed by atoms with van der Waals surface area (Å²) in [7, 11) is 0. The molecule has 0 bridgehead atoms. The van der Waals surface area contributed by atoms with Gasteiger partial charge in [0.25, 0.3) is 0 Å². The number of thiazole rings is 1. The van der Waals surface area contributed by atoms with Crippen molar-refractivity contribution in [2.24, 2.45) is 0 Å². The van der Waals surface area contributed by atoms with Gasteiger partial charge in [0.05, 0.1) is 12.1 Å². The van der Waals surface area contributed by atoms with Gasteiger partial charge in [-0.1, -0.05) is 11.6 Å². The van der Waals surface area contributed by atoms with E-state index < -0.39 is 0 Å². The van der Waals surface area contributed by atoms with E-state index in [1.54, 1.807) is 0 Å². The van der Waals surface area contributed by atoms with Crippen molar-refractivity contribution < 1.29 is 4.79 Å². The number of allylic oxidation sites excluding steroid dienone is 1. The largest absolute Gasteiger partial charge is 0.355 e. The van der Waals surface area contributed by atoms with Crippen molar-refractivity contribution in [1.29, 1.82) is 0 Å². The van der Waals surface area contributed by atoms with E-state index in [0.717, 1.165) is 23.5 Å². The molecule has 0 radical (unpaired) electrons. The molecule has 26 heavy (non-hydrogen) atoms. The molecule has 7 heteroatoms. The van der Waals surface area contributed by atoms with Gasteiger partial charge >= 0.3 is 0 Å². The van der Waals surface area contributed by atoms with Crippen molar-refractivity contribution in [2.45, 2.75) is 52.4 Å². The van der Waals surface area contributed by atoms with Crippen LogP contribution in [-0.2, 0) is 11.2 Å². The van der Waals surface area contributed by atoms with Crippen molar-refractivity contribution in [2.75, 3.05) is 11.9 Å². The fourth-order valence-electron chi connectivity index (χ4n) is 3.04. The Morgan fingerprint density at radius 2 is 2.00 bits per heavy atom. The Kier molecular flexibility index (Phi) is 6.33. The minimum absolute atomic E-state index is 0.0147.